The zero-order valence-corrected chi connectivity index (χ0v) is 14.7. The number of methoxy groups -OCH3 is 2. The Morgan fingerprint density at radius 2 is 1.38 bits per heavy atom. The van der Waals surface area contributed by atoms with Crippen LogP contribution < -0.4 is 9.47 Å². The topological polar surface area (TPSA) is 18.5 Å². The first-order valence-electron chi connectivity index (χ1n) is 8.41. The molecule has 0 saturated heterocycles. The Bertz CT molecular complexity index is 1170. The molecule has 0 amide bonds. The van der Waals surface area contributed by atoms with E-state index in [1.54, 1.807) is 14.2 Å². The van der Waals surface area contributed by atoms with Gasteiger partial charge in [0.05, 0.1) is 19.8 Å². The lowest BCUT2D eigenvalue weighted by Gasteiger charge is -2.19. The molecule has 0 heterocycles. The average Bonchev–Trinajstić information content (AvgIpc) is 2.71. The molecular formula is C24H18O2. The van der Waals surface area contributed by atoms with Gasteiger partial charge in [-0.15, -0.1) is 6.42 Å². The summed E-state index contributed by atoms with van der Waals surface area (Å²) in [6.07, 6.45) is 5.79. The van der Waals surface area contributed by atoms with E-state index in [1.807, 2.05) is 36.4 Å². The number of ether oxygens (including phenoxy) is 2. The first-order chi connectivity index (χ1) is 12.8. The third-order valence-corrected chi connectivity index (χ3v) is 4.72. The molecule has 0 N–H and O–H groups in total. The molecule has 4 rings (SSSR count). The lowest BCUT2D eigenvalue weighted by Crippen LogP contribution is -1.97. The molecule has 0 unspecified atom stereocenters. The molecule has 0 saturated carbocycles. The van der Waals surface area contributed by atoms with Gasteiger partial charge in [-0.1, -0.05) is 60.5 Å². The third-order valence-electron chi connectivity index (χ3n) is 4.72. The van der Waals surface area contributed by atoms with E-state index in [9.17, 15) is 0 Å². The summed E-state index contributed by atoms with van der Waals surface area (Å²) < 4.78 is 11.5. The molecule has 0 radical (unpaired) electrons. The number of rotatable bonds is 3. The van der Waals surface area contributed by atoms with E-state index in [0.717, 1.165) is 44.0 Å². The van der Waals surface area contributed by atoms with Gasteiger partial charge in [-0.2, -0.15) is 0 Å². The van der Waals surface area contributed by atoms with Gasteiger partial charge in [0.1, 0.15) is 11.5 Å². The molecule has 26 heavy (non-hydrogen) atoms. The van der Waals surface area contributed by atoms with Gasteiger partial charge in [-0.25, -0.2) is 0 Å². The zero-order chi connectivity index (χ0) is 18.1. The molecule has 2 heteroatoms. The summed E-state index contributed by atoms with van der Waals surface area (Å²) in [4.78, 5) is 0. The smallest absolute Gasteiger partial charge is 0.143 e. The van der Waals surface area contributed by atoms with Crippen molar-refractivity contribution in [3.63, 3.8) is 0 Å². The van der Waals surface area contributed by atoms with Crippen molar-refractivity contribution in [3.05, 3.63) is 72.3 Å². The van der Waals surface area contributed by atoms with Crippen LogP contribution in [0.4, 0.5) is 0 Å². The van der Waals surface area contributed by atoms with E-state index in [2.05, 4.69) is 36.3 Å². The highest BCUT2D eigenvalue weighted by molar-refractivity contribution is 6.10. The predicted octanol–water partition coefficient (Wildman–Crippen LogP) is 5.66. The predicted molar refractivity (Wildman–Crippen MR) is 108 cm³/mol. The van der Waals surface area contributed by atoms with E-state index in [0.29, 0.717) is 5.75 Å². The Balaban J connectivity index is 2.26. The molecule has 0 atom stereocenters. The normalized spacial score (nSPS) is 10.7. The van der Waals surface area contributed by atoms with Gasteiger partial charge in [0.2, 0.25) is 0 Å². The average molecular weight is 338 g/mol. The second-order valence-corrected chi connectivity index (χ2v) is 6.06. The number of benzene rings is 4. The molecule has 0 aliphatic heterocycles. The first-order valence-corrected chi connectivity index (χ1v) is 8.41. The third kappa shape index (κ3) is 2.37. The Morgan fingerprint density at radius 1 is 0.731 bits per heavy atom. The van der Waals surface area contributed by atoms with Gasteiger partial charge in [0, 0.05) is 11.1 Å². The maximum Gasteiger partial charge on any atom is 0.143 e. The summed E-state index contributed by atoms with van der Waals surface area (Å²) in [5.41, 5.74) is 2.69. The summed E-state index contributed by atoms with van der Waals surface area (Å²) in [6, 6.07) is 22.5. The highest BCUT2D eigenvalue weighted by Gasteiger charge is 2.20. The molecule has 0 aromatic heterocycles. The fourth-order valence-electron chi connectivity index (χ4n) is 3.58. The lowest BCUT2D eigenvalue weighted by atomic mass is 9.90. The summed E-state index contributed by atoms with van der Waals surface area (Å²) in [5.74, 6) is 4.26. The molecule has 0 bridgehead atoms. The molecule has 4 aromatic rings. The number of terminal acetylenes is 1. The molecule has 0 fully saturated rings. The zero-order valence-electron chi connectivity index (χ0n) is 14.7. The Labute approximate surface area is 153 Å². The van der Waals surface area contributed by atoms with Crippen LogP contribution in [-0.2, 0) is 0 Å². The van der Waals surface area contributed by atoms with Crippen LogP contribution in [0.2, 0.25) is 0 Å². The van der Waals surface area contributed by atoms with Crippen molar-refractivity contribution in [3.8, 4) is 35.0 Å². The van der Waals surface area contributed by atoms with E-state index >= 15 is 0 Å². The SMILES string of the molecule is C#Cc1cc2ccccc2c(-c2c(OC)ccc3ccccc23)c1OC. The fraction of sp³-hybridized carbons (Fsp3) is 0.0833. The van der Waals surface area contributed by atoms with Crippen LogP contribution >= 0.6 is 0 Å². The van der Waals surface area contributed by atoms with Crippen LogP contribution in [0.3, 0.4) is 0 Å². The highest BCUT2D eigenvalue weighted by Crippen LogP contribution is 2.46. The molecule has 0 aliphatic carbocycles. The Hall–Kier alpha value is -3.44. The number of hydrogen-bond donors (Lipinski definition) is 0. The number of hydrogen-bond acceptors (Lipinski definition) is 2. The molecule has 4 aromatic carbocycles. The minimum absolute atomic E-state index is 0.695. The van der Waals surface area contributed by atoms with Crippen molar-refractivity contribution in [2.45, 2.75) is 0 Å². The number of fused-ring (bicyclic) bond motifs is 2. The van der Waals surface area contributed by atoms with Gasteiger partial charge < -0.3 is 9.47 Å². The van der Waals surface area contributed by atoms with E-state index in [-0.39, 0.29) is 0 Å². The van der Waals surface area contributed by atoms with Crippen LogP contribution in [0.5, 0.6) is 11.5 Å². The van der Waals surface area contributed by atoms with Gasteiger partial charge in [-0.05, 0) is 33.7 Å². The van der Waals surface area contributed by atoms with Crippen LogP contribution in [-0.4, -0.2) is 14.2 Å². The van der Waals surface area contributed by atoms with Gasteiger partial charge in [-0.3, -0.25) is 0 Å². The molecule has 0 aliphatic rings. The highest BCUT2D eigenvalue weighted by atomic mass is 16.5. The van der Waals surface area contributed by atoms with Crippen molar-refractivity contribution in [2.75, 3.05) is 14.2 Å². The largest absolute Gasteiger partial charge is 0.496 e. The quantitative estimate of drug-likeness (QED) is 0.449. The van der Waals surface area contributed by atoms with E-state index in [4.69, 9.17) is 15.9 Å². The minimum atomic E-state index is 0.695. The van der Waals surface area contributed by atoms with Gasteiger partial charge >= 0.3 is 0 Å². The van der Waals surface area contributed by atoms with Crippen molar-refractivity contribution in [2.24, 2.45) is 0 Å². The molecular weight excluding hydrogens is 320 g/mol. The molecule has 2 nitrogen and oxygen atoms in total. The summed E-state index contributed by atoms with van der Waals surface area (Å²) in [6.45, 7) is 0. The van der Waals surface area contributed by atoms with Crippen LogP contribution in [0, 0.1) is 12.3 Å². The first kappa shape index (κ1) is 16.1. The van der Waals surface area contributed by atoms with Crippen LogP contribution in [0.25, 0.3) is 32.7 Å². The monoisotopic (exact) mass is 338 g/mol. The minimum Gasteiger partial charge on any atom is -0.496 e. The van der Waals surface area contributed by atoms with Crippen molar-refractivity contribution >= 4 is 21.5 Å². The maximum absolute atomic E-state index is 5.79. The van der Waals surface area contributed by atoms with Crippen molar-refractivity contribution in [1.29, 1.82) is 0 Å². The summed E-state index contributed by atoms with van der Waals surface area (Å²) in [5, 5.41) is 4.40. The molecule has 126 valence electrons. The van der Waals surface area contributed by atoms with Crippen LogP contribution in [0.15, 0.2) is 66.7 Å². The second kappa shape index (κ2) is 6.46. The second-order valence-electron chi connectivity index (χ2n) is 6.06. The van der Waals surface area contributed by atoms with Crippen molar-refractivity contribution in [1.82, 2.24) is 0 Å². The fourth-order valence-corrected chi connectivity index (χ4v) is 3.58. The van der Waals surface area contributed by atoms with Crippen LogP contribution in [0.1, 0.15) is 5.56 Å². The van der Waals surface area contributed by atoms with Gasteiger partial charge in [0.15, 0.2) is 0 Å². The Kier molecular flexibility index (Phi) is 3.99. The molecule has 0 spiro atoms. The lowest BCUT2D eigenvalue weighted by molar-refractivity contribution is 0.410. The summed E-state index contributed by atoms with van der Waals surface area (Å²) in [7, 11) is 3.35. The van der Waals surface area contributed by atoms with Crippen molar-refractivity contribution < 1.29 is 9.47 Å². The van der Waals surface area contributed by atoms with E-state index in [1.165, 1.54) is 0 Å². The van der Waals surface area contributed by atoms with Gasteiger partial charge in [0.25, 0.3) is 0 Å². The van der Waals surface area contributed by atoms with E-state index < -0.39 is 0 Å². The Morgan fingerprint density at radius 3 is 2.04 bits per heavy atom. The summed E-state index contributed by atoms with van der Waals surface area (Å²) >= 11 is 0. The standard InChI is InChI=1S/C24H18O2/c1-4-16-15-18-10-6-8-12-20(18)23(24(16)26-3)22-19-11-7-5-9-17(19)13-14-21(22)25-2/h1,5-15H,2-3H3. The maximum atomic E-state index is 5.79.